The van der Waals surface area contributed by atoms with Gasteiger partial charge in [-0.2, -0.15) is 5.10 Å². The van der Waals surface area contributed by atoms with Gasteiger partial charge >= 0.3 is 7.12 Å². The largest absolute Gasteiger partial charge is 0.481 e. The lowest BCUT2D eigenvalue weighted by molar-refractivity contribution is -0.199. The van der Waals surface area contributed by atoms with Gasteiger partial charge in [0.1, 0.15) is 0 Å². The van der Waals surface area contributed by atoms with Crippen molar-refractivity contribution in [3.63, 3.8) is 0 Å². The molecule has 3 aromatic rings. The van der Waals surface area contributed by atoms with Crippen molar-refractivity contribution >= 4 is 35.5 Å². The molecule has 1 saturated heterocycles. The molecular weight excluding hydrogens is 581 g/mol. The maximum atomic E-state index is 14.4. The van der Waals surface area contributed by atoms with Gasteiger partial charge in [-0.25, -0.2) is 0 Å². The fraction of sp³-hybridized carbons (Fsp3) is 0.543. The summed E-state index contributed by atoms with van der Waals surface area (Å²) in [7, 11) is -0.546. The first-order valence-electron chi connectivity index (χ1n) is 16.6. The molecule has 3 saturated carbocycles. The van der Waals surface area contributed by atoms with E-state index in [0.717, 1.165) is 22.9 Å². The number of hydrogen-bond donors (Lipinski definition) is 3. The van der Waals surface area contributed by atoms with Gasteiger partial charge in [0.2, 0.25) is 5.60 Å². The monoisotopic (exact) mass is 625 g/mol. The molecule has 2 bridgehead atoms. The number of para-hydroxylation sites is 1. The van der Waals surface area contributed by atoms with Gasteiger partial charge in [-0.1, -0.05) is 81.4 Å². The van der Waals surface area contributed by atoms with E-state index in [2.05, 4.69) is 60.6 Å². The highest BCUT2D eigenvalue weighted by atomic mass is 16.7. The highest BCUT2D eigenvalue weighted by Gasteiger charge is 2.68. The molecular formula is C35H44BN5O5. The highest BCUT2D eigenvalue weighted by Crippen LogP contribution is 2.65. The summed E-state index contributed by atoms with van der Waals surface area (Å²) >= 11 is 0. The number of amides is 2. The van der Waals surface area contributed by atoms with Crippen LogP contribution in [-0.4, -0.2) is 64.6 Å². The van der Waals surface area contributed by atoms with Crippen LogP contribution in [-0.2, 0) is 25.4 Å². The number of fused-ring (bicyclic) bond motifs is 1. The summed E-state index contributed by atoms with van der Waals surface area (Å²) in [6, 6.07) is 17.3. The van der Waals surface area contributed by atoms with E-state index in [0.29, 0.717) is 42.0 Å². The third-order valence-corrected chi connectivity index (χ3v) is 11.1. The van der Waals surface area contributed by atoms with Crippen molar-refractivity contribution < 1.29 is 23.7 Å². The van der Waals surface area contributed by atoms with E-state index in [4.69, 9.17) is 14.1 Å². The summed E-state index contributed by atoms with van der Waals surface area (Å²) in [5, 5.41) is 18.4. The lowest BCUT2D eigenvalue weighted by Gasteiger charge is -2.64. The zero-order valence-corrected chi connectivity index (χ0v) is 27.3. The molecule has 0 spiro atoms. The molecule has 2 aromatic carbocycles. The van der Waals surface area contributed by atoms with Gasteiger partial charge < -0.3 is 24.8 Å². The topological polar surface area (TPSA) is 127 Å². The van der Waals surface area contributed by atoms with Crippen LogP contribution < -0.4 is 10.6 Å². The van der Waals surface area contributed by atoms with E-state index in [9.17, 15) is 9.59 Å². The molecule has 2 aliphatic heterocycles. The molecule has 5 aliphatic rings. The number of carbonyl (C=O) groups excluding carboxylic acids is 2. The normalized spacial score (nSPS) is 29.9. The lowest BCUT2D eigenvalue weighted by Crippen LogP contribution is -2.65. The fourth-order valence-corrected chi connectivity index (χ4v) is 8.38. The number of nitrogens with one attached hydrogen (secondary N) is 3. The summed E-state index contributed by atoms with van der Waals surface area (Å²) in [6.45, 7) is 11.3. The Labute approximate surface area is 270 Å². The SMILES string of the molecule is CC(C)C[C@H](NC(=O)C1(Cc2ccccc2)CC(CNC(=O)c2n[nH]c3ccccc23)=NO1)B1O[C@@H]2C[C@@H]3C[C@@H](C3(C)C)[C@]2(C)O1. The average Bonchev–Trinajstić information content (AvgIpc) is 3.75. The standard InChI is InChI=1S/C35H44BN5O5/c1-21(2)15-29(36-44-28-17-23-16-27(33(23,3)4)34(28,5)45-36)38-32(43)35(18-22-11-7-6-8-12-22)19-24(41-46-35)20-37-31(42)30-25-13-9-10-14-26(25)39-40-30/h6-14,21,23,27-29H,15-20H2,1-5H3,(H,37,42)(H,38,43)(H,39,40)/t23-,27-,28+,29-,34-,35?/m0/s1. The number of aromatic amines is 1. The highest BCUT2D eigenvalue weighted by molar-refractivity contribution is 6.48. The Morgan fingerprint density at radius 1 is 1.07 bits per heavy atom. The molecule has 46 heavy (non-hydrogen) atoms. The van der Waals surface area contributed by atoms with E-state index in [1.54, 1.807) is 0 Å². The van der Waals surface area contributed by atoms with E-state index in [-0.39, 0.29) is 47.8 Å². The van der Waals surface area contributed by atoms with Crippen LogP contribution in [0.1, 0.15) is 76.4 Å². The van der Waals surface area contributed by atoms with Crippen LogP contribution in [0.3, 0.4) is 0 Å². The Morgan fingerprint density at radius 2 is 1.83 bits per heavy atom. The van der Waals surface area contributed by atoms with E-state index >= 15 is 0 Å². The maximum Gasteiger partial charge on any atom is 0.481 e. The summed E-state index contributed by atoms with van der Waals surface area (Å²) in [5.41, 5.74) is 1.20. The number of benzene rings is 2. The Morgan fingerprint density at radius 3 is 2.59 bits per heavy atom. The van der Waals surface area contributed by atoms with Crippen LogP contribution in [0, 0.1) is 23.2 Å². The van der Waals surface area contributed by atoms with Crippen molar-refractivity contribution in [1.82, 2.24) is 20.8 Å². The molecule has 0 radical (unpaired) electrons. The van der Waals surface area contributed by atoms with Crippen LogP contribution in [0.2, 0.25) is 0 Å². The number of rotatable bonds is 10. The second kappa shape index (κ2) is 11.5. The summed E-state index contributed by atoms with van der Waals surface area (Å²) < 4.78 is 13.4. The van der Waals surface area contributed by atoms with Gasteiger partial charge in [-0.15, -0.1) is 0 Å². The molecule has 242 valence electrons. The minimum atomic E-state index is -1.28. The fourth-order valence-electron chi connectivity index (χ4n) is 8.38. The summed E-state index contributed by atoms with van der Waals surface area (Å²) in [5.74, 6) is 0.421. The predicted octanol–water partition coefficient (Wildman–Crippen LogP) is 4.85. The smallest absolute Gasteiger partial charge is 0.404 e. The minimum absolute atomic E-state index is 0.0204. The Hall–Kier alpha value is -3.70. The van der Waals surface area contributed by atoms with Gasteiger partial charge in [0.25, 0.3) is 11.8 Å². The maximum absolute atomic E-state index is 14.4. The average molecular weight is 626 g/mol. The van der Waals surface area contributed by atoms with Gasteiger partial charge in [0.05, 0.1) is 35.4 Å². The number of oxime groups is 1. The third-order valence-electron chi connectivity index (χ3n) is 11.1. The first-order valence-corrected chi connectivity index (χ1v) is 16.6. The van der Waals surface area contributed by atoms with Crippen LogP contribution in [0.4, 0.5) is 0 Å². The molecule has 4 fully saturated rings. The molecule has 8 rings (SSSR count). The molecule has 3 N–H and O–H groups in total. The van der Waals surface area contributed by atoms with Crippen molar-refractivity contribution in [1.29, 1.82) is 0 Å². The predicted molar refractivity (Wildman–Crippen MR) is 176 cm³/mol. The van der Waals surface area contributed by atoms with Gasteiger partial charge in [0.15, 0.2) is 5.69 Å². The minimum Gasteiger partial charge on any atom is -0.404 e. The van der Waals surface area contributed by atoms with Crippen LogP contribution >= 0.6 is 0 Å². The van der Waals surface area contributed by atoms with Crippen LogP contribution in [0.25, 0.3) is 10.9 Å². The molecule has 3 heterocycles. The molecule has 11 heteroatoms. The zero-order valence-electron chi connectivity index (χ0n) is 27.3. The molecule has 6 atom stereocenters. The van der Waals surface area contributed by atoms with Crippen molar-refractivity contribution in [2.75, 3.05) is 6.54 Å². The number of aromatic nitrogens is 2. The van der Waals surface area contributed by atoms with Crippen molar-refractivity contribution in [3.05, 3.63) is 65.9 Å². The second-order valence-corrected chi connectivity index (χ2v) is 14.9. The van der Waals surface area contributed by atoms with Crippen LogP contribution in [0.15, 0.2) is 59.8 Å². The first-order chi connectivity index (χ1) is 22.0. The quantitative estimate of drug-likeness (QED) is 0.277. The summed E-state index contributed by atoms with van der Waals surface area (Å²) in [4.78, 5) is 33.5. The number of nitrogens with zero attached hydrogens (tertiary/aromatic N) is 2. The summed E-state index contributed by atoms with van der Waals surface area (Å²) in [6.07, 6.45) is 3.42. The lowest BCUT2D eigenvalue weighted by atomic mass is 9.43. The Kier molecular flexibility index (Phi) is 7.75. The number of H-pyrrole nitrogens is 1. The Bertz CT molecular complexity index is 1660. The molecule has 3 aliphatic carbocycles. The van der Waals surface area contributed by atoms with E-state index < -0.39 is 12.7 Å². The van der Waals surface area contributed by atoms with E-state index in [1.807, 2.05) is 54.6 Å². The Balaban J connectivity index is 1.07. The van der Waals surface area contributed by atoms with Crippen LogP contribution in [0.5, 0.6) is 0 Å². The second-order valence-electron chi connectivity index (χ2n) is 14.9. The van der Waals surface area contributed by atoms with Gasteiger partial charge in [-0.3, -0.25) is 14.7 Å². The van der Waals surface area contributed by atoms with Gasteiger partial charge in [-0.05, 0) is 61.0 Å². The van der Waals surface area contributed by atoms with Gasteiger partial charge in [0, 0.05) is 18.2 Å². The number of hydrogen-bond acceptors (Lipinski definition) is 7. The molecule has 1 unspecified atom stereocenters. The molecule has 1 aromatic heterocycles. The number of carbonyl (C=O) groups is 2. The molecule has 10 nitrogen and oxygen atoms in total. The third kappa shape index (κ3) is 5.31. The van der Waals surface area contributed by atoms with Crippen molar-refractivity contribution in [2.24, 2.45) is 28.3 Å². The van der Waals surface area contributed by atoms with Crippen molar-refractivity contribution in [2.45, 2.75) is 90.0 Å². The van der Waals surface area contributed by atoms with E-state index in [1.165, 1.54) is 6.42 Å². The molecule has 2 amide bonds. The first kappa shape index (κ1) is 30.9. The van der Waals surface area contributed by atoms with Crippen molar-refractivity contribution in [3.8, 4) is 0 Å². The zero-order chi connectivity index (χ0) is 32.3.